The van der Waals surface area contributed by atoms with Crippen molar-refractivity contribution in [3.8, 4) is 5.75 Å². The summed E-state index contributed by atoms with van der Waals surface area (Å²) in [6, 6.07) is 8.03. The van der Waals surface area contributed by atoms with E-state index in [0.717, 1.165) is 25.0 Å². The van der Waals surface area contributed by atoms with Crippen LogP contribution in [0.1, 0.15) is 32.3 Å². The Hall–Kier alpha value is -1.02. The van der Waals surface area contributed by atoms with E-state index in [-0.39, 0.29) is 6.10 Å². The third-order valence-electron chi connectivity index (χ3n) is 2.49. The minimum atomic E-state index is -0.195. The van der Waals surface area contributed by atoms with Gasteiger partial charge in [-0.25, -0.2) is 0 Å². The van der Waals surface area contributed by atoms with Gasteiger partial charge in [-0.05, 0) is 37.8 Å². The summed E-state index contributed by atoms with van der Waals surface area (Å²) in [5.74, 6) is 0.948. The SMILES string of the molecule is CCOc1ccccc1CCC(O)CC. The van der Waals surface area contributed by atoms with Crippen molar-refractivity contribution in [2.24, 2.45) is 0 Å². The molecule has 1 N–H and O–H groups in total. The molecule has 0 radical (unpaired) electrons. The molecule has 0 saturated heterocycles. The zero-order valence-electron chi connectivity index (χ0n) is 9.57. The van der Waals surface area contributed by atoms with Gasteiger partial charge in [0, 0.05) is 0 Å². The maximum absolute atomic E-state index is 9.50. The van der Waals surface area contributed by atoms with Gasteiger partial charge >= 0.3 is 0 Å². The summed E-state index contributed by atoms with van der Waals surface area (Å²) >= 11 is 0. The average Bonchev–Trinajstić information content (AvgIpc) is 2.28. The molecule has 0 aliphatic carbocycles. The Kier molecular flexibility index (Phi) is 5.19. The molecule has 0 amide bonds. The maximum atomic E-state index is 9.50. The Morgan fingerprint density at radius 1 is 1.27 bits per heavy atom. The third-order valence-corrected chi connectivity index (χ3v) is 2.49. The summed E-state index contributed by atoms with van der Waals surface area (Å²) in [6.07, 6.45) is 2.31. The highest BCUT2D eigenvalue weighted by atomic mass is 16.5. The van der Waals surface area contributed by atoms with E-state index in [1.807, 2.05) is 32.0 Å². The van der Waals surface area contributed by atoms with Crippen LogP contribution in [0.5, 0.6) is 5.75 Å². The standard InChI is InChI=1S/C13H20O2/c1-3-12(14)10-9-11-7-5-6-8-13(11)15-4-2/h5-8,12,14H,3-4,9-10H2,1-2H3. The molecule has 0 heterocycles. The van der Waals surface area contributed by atoms with Crippen LogP contribution in [0.25, 0.3) is 0 Å². The number of para-hydroxylation sites is 1. The van der Waals surface area contributed by atoms with E-state index in [4.69, 9.17) is 4.74 Å². The second kappa shape index (κ2) is 6.46. The van der Waals surface area contributed by atoms with Crippen LogP contribution < -0.4 is 4.74 Å². The summed E-state index contributed by atoms with van der Waals surface area (Å²) in [5, 5.41) is 9.50. The second-order valence-corrected chi connectivity index (χ2v) is 3.64. The molecule has 2 heteroatoms. The number of aryl methyl sites for hydroxylation is 1. The largest absolute Gasteiger partial charge is 0.494 e. The van der Waals surface area contributed by atoms with Crippen molar-refractivity contribution < 1.29 is 9.84 Å². The zero-order valence-corrected chi connectivity index (χ0v) is 9.57. The molecule has 0 saturated carbocycles. The van der Waals surface area contributed by atoms with Gasteiger partial charge < -0.3 is 9.84 Å². The van der Waals surface area contributed by atoms with E-state index in [1.54, 1.807) is 0 Å². The lowest BCUT2D eigenvalue weighted by atomic mass is 10.0. The number of aliphatic hydroxyl groups is 1. The van der Waals surface area contributed by atoms with Gasteiger partial charge in [0.05, 0.1) is 12.7 Å². The van der Waals surface area contributed by atoms with E-state index in [0.29, 0.717) is 6.61 Å². The first-order valence-corrected chi connectivity index (χ1v) is 5.66. The Balaban J connectivity index is 2.58. The Labute approximate surface area is 91.9 Å². The van der Waals surface area contributed by atoms with Crippen molar-refractivity contribution in [3.05, 3.63) is 29.8 Å². The molecule has 84 valence electrons. The van der Waals surface area contributed by atoms with Crippen molar-refractivity contribution in [2.45, 2.75) is 39.2 Å². The van der Waals surface area contributed by atoms with E-state index < -0.39 is 0 Å². The Bertz CT molecular complexity index is 284. The number of hydrogen-bond acceptors (Lipinski definition) is 2. The summed E-state index contributed by atoms with van der Waals surface area (Å²) in [5.41, 5.74) is 1.19. The van der Waals surface area contributed by atoms with Crippen LogP contribution >= 0.6 is 0 Å². The van der Waals surface area contributed by atoms with Crippen LogP contribution in [0.15, 0.2) is 24.3 Å². The normalized spacial score (nSPS) is 12.5. The van der Waals surface area contributed by atoms with Gasteiger partial charge in [0.2, 0.25) is 0 Å². The quantitative estimate of drug-likeness (QED) is 0.779. The number of rotatable bonds is 6. The summed E-state index contributed by atoms with van der Waals surface area (Å²) in [7, 11) is 0. The number of hydrogen-bond donors (Lipinski definition) is 1. The lowest BCUT2D eigenvalue weighted by Gasteiger charge is -2.11. The fraction of sp³-hybridized carbons (Fsp3) is 0.538. The molecule has 0 fully saturated rings. The highest BCUT2D eigenvalue weighted by molar-refractivity contribution is 5.33. The molecule has 0 aromatic heterocycles. The fourth-order valence-electron chi connectivity index (χ4n) is 1.53. The van der Waals surface area contributed by atoms with Gasteiger partial charge in [0.1, 0.15) is 5.75 Å². The van der Waals surface area contributed by atoms with Crippen LogP contribution in [0, 0.1) is 0 Å². The minimum Gasteiger partial charge on any atom is -0.494 e. The first kappa shape index (κ1) is 12.1. The lowest BCUT2D eigenvalue weighted by Crippen LogP contribution is -2.06. The minimum absolute atomic E-state index is 0.195. The second-order valence-electron chi connectivity index (χ2n) is 3.64. The molecular formula is C13H20O2. The molecule has 0 aliphatic rings. The van der Waals surface area contributed by atoms with Gasteiger partial charge in [-0.2, -0.15) is 0 Å². The topological polar surface area (TPSA) is 29.5 Å². The molecule has 0 bridgehead atoms. The molecule has 1 aromatic rings. The van der Waals surface area contributed by atoms with E-state index >= 15 is 0 Å². The van der Waals surface area contributed by atoms with Crippen molar-refractivity contribution in [3.63, 3.8) is 0 Å². The first-order chi connectivity index (χ1) is 7.27. The summed E-state index contributed by atoms with van der Waals surface area (Å²) in [6.45, 7) is 4.67. The first-order valence-electron chi connectivity index (χ1n) is 5.66. The molecule has 1 aromatic carbocycles. The van der Waals surface area contributed by atoms with Gasteiger partial charge in [-0.15, -0.1) is 0 Å². The van der Waals surface area contributed by atoms with Crippen molar-refractivity contribution in [1.29, 1.82) is 0 Å². The third kappa shape index (κ3) is 3.92. The monoisotopic (exact) mass is 208 g/mol. The van der Waals surface area contributed by atoms with Gasteiger partial charge in [0.15, 0.2) is 0 Å². The van der Waals surface area contributed by atoms with E-state index in [1.165, 1.54) is 5.56 Å². The predicted molar refractivity (Wildman–Crippen MR) is 62.2 cm³/mol. The molecule has 0 aliphatic heterocycles. The Morgan fingerprint density at radius 2 is 2.00 bits per heavy atom. The number of ether oxygens (including phenoxy) is 1. The van der Waals surface area contributed by atoms with E-state index in [2.05, 4.69) is 6.07 Å². The highest BCUT2D eigenvalue weighted by Crippen LogP contribution is 2.20. The Morgan fingerprint density at radius 3 is 2.67 bits per heavy atom. The zero-order chi connectivity index (χ0) is 11.1. The van der Waals surface area contributed by atoms with Crippen molar-refractivity contribution >= 4 is 0 Å². The smallest absolute Gasteiger partial charge is 0.122 e. The van der Waals surface area contributed by atoms with Gasteiger partial charge in [-0.1, -0.05) is 25.1 Å². The molecule has 2 nitrogen and oxygen atoms in total. The highest BCUT2D eigenvalue weighted by Gasteiger charge is 2.05. The number of aliphatic hydroxyl groups excluding tert-OH is 1. The van der Waals surface area contributed by atoms with Gasteiger partial charge in [0.25, 0.3) is 0 Å². The molecular weight excluding hydrogens is 188 g/mol. The van der Waals surface area contributed by atoms with Crippen molar-refractivity contribution in [1.82, 2.24) is 0 Å². The van der Waals surface area contributed by atoms with Crippen LogP contribution in [-0.4, -0.2) is 17.8 Å². The molecule has 1 rings (SSSR count). The lowest BCUT2D eigenvalue weighted by molar-refractivity contribution is 0.160. The average molecular weight is 208 g/mol. The van der Waals surface area contributed by atoms with Gasteiger partial charge in [-0.3, -0.25) is 0 Å². The molecule has 1 unspecified atom stereocenters. The summed E-state index contributed by atoms with van der Waals surface area (Å²) in [4.78, 5) is 0. The number of benzene rings is 1. The molecule has 1 atom stereocenters. The van der Waals surface area contributed by atoms with Crippen LogP contribution in [-0.2, 0) is 6.42 Å². The van der Waals surface area contributed by atoms with Crippen molar-refractivity contribution in [2.75, 3.05) is 6.61 Å². The maximum Gasteiger partial charge on any atom is 0.122 e. The van der Waals surface area contributed by atoms with E-state index in [9.17, 15) is 5.11 Å². The summed E-state index contributed by atoms with van der Waals surface area (Å²) < 4.78 is 5.52. The molecule has 15 heavy (non-hydrogen) atoms. The predicted octanol–water partition coefficient (Wildman–Crippen LogP) is 2.79. The van der Waals surface area contributed by atoms with Crippen LogP contribution in [0.3, 0.4) is 0 Å². The van der Waals surface area contributed by atoms with Crippen LogP contribution in [0.2, 0.25) is 0 Å². The van der Waals surface area contributed by atoms with Crippen LogP contribution in [0.4, 0.5) is 0 Å². The molecule has 0 spiro atoms. The fourth-order valence-corrected chi connectivity index (χ4v) is 1.53.